The summed E-state index contributed by atoms with van der Waals surface area (Å²) >= 11 is 15.5. The van der Waals surface area contributed by atoms with E-state index in [-0.39, 0.29) is 5.76 Å². The van der Waals surface area contributed by atoms with Crippen molar-refractivity contribution in [3.8, 4) is 0 Å². The molecular formula is C24H16BrCl2NO4. The van der Waals surface area contributed by atoms with E-state index in [2.05, 4.69) is 21.2 Å². The third-order valence-electron chi connectivity index (χ3n) is 4.78. The van der Waals surface area contributed by atoms with Gasteiger partial charge in [-0.2, -0.15) is 0 Å². The summed E-state index contributed by atoms with van der Waals surface area (Å²) in [6, 6.07) is 18.8. The summed E-state index contributed by atoms with van der Waals surface area (Å²) in [4.78, 5) is 26.1. The minimum absolute atomic E-state index is 0.0395. The van der Waals surface area contributed by atoms with Crippen LogP contribution >= 0.6 is 39.1 Å². The molecule has 1 N–H and O–H groups in total. The Hall–Kier alpha value is -2.80. The zero-order valence-electron chi connectivity index (χ0n) is 16.7. The van der Waals surface area contributed by atoms with Crippen molar-refractivity contribution >= 4 is 67.7 Å². The molecule has 0 aliphatic carbocycles. The Morgan fingerprint density at radius 3 is 2.38 bits per heavy atom. The zero-order valence-corrected chi connectivity index (χ0v) is 19.8. The van der Waals surface area contributed by atoms with Crippen LogP contribution in [0.4, 0.5) is 5.69 Å². The van der Waals surface area contributed by atoms with E-state index in [1.807, 2.05) is 12.1 Å². The highest BCUT2D eigenvalue weighted by molar-refractivity contribution is 9.10. The van der Waals surface area contributed by atoms with Crippen molar-refractivity contribution in [1.29, 1.82) is 0 Å². The third-order valence-corrected chi connectivity index (χ3v) is 5.71. The number of ether oxygens (including phenoxy) is 1. The first-order valence-electron chi connectivity index (χ1n) is 9.53. The van der Waals surface area contributed by atoms with Gasteiger partial charge in [-0.15, -0.1) is 0 Å². The topological polar surface area (TPSA) is 68.5 Å². The van der Waals surface area contributed by atoms with Gasteiger partial charge in [-0.1, -0.05) is 69.5 Å². The number of halogens is 3. The lowest BCUT2D eigenvalue weighted by Crippen LogP contribution is -2.26. The van der Waals surface area contributed by atoms with Crippen molar-refractivity contribution in [2.45, 2.75) is 13.0 Å². The second-order valence-corrected chi connectivity index (χ2v) is 8.83. The highest BCUT2D eigenvalue weighted by atomic mass is 79.9. The summed E-state index contributed by atoms with van der Waals surface area (Å²) in [7, 11) is 0. The van der Waals surface area contributed by atoms with Gasteiger partial charge in [-0.3, -0.25) is 4.79 Å². The molecule has 1 atom stereocenters. The fourth-order valence-corrected chi connectivity index (χ4v) is 4.17. The molecule has 1 unspecified atom stereocenters. The lowest BCUT2D eigenvalue weighted by Gasteiger charge is -2.18. The monoisotopic (exact) mass is 531 g/mol. The molecule has 0 aliphatic heterocycles. The number of nitrogens with one attached hydrogen (secondary N) is 1. The van der Waals surface area contributed by atoms with Crippen molar-refractivity contribution in [2.75, 3.05) is 5.32 Å². The molecule has 4 rings (SSSR count). The van der Waals surface area contributed by atoms with Gasteiger partial charge in [0.2, 0.25) is 11.9 Å². The average Bonchev–Trinajstić information content (AvgIpc) is 3.07. The number of esters is 1. The van der Waals surface area contributed by atoms with Crippen molar-refractivity contribution in [1.82, 2.24) is 0 Å². The highest BCUT2D eigenvalue weighted by Crippen LogP contribution is 2.30. The van der Waals surface area contributed by atoms with Crippen LogP contribution in [-0.2, 0) is 9.53 Å². The smallest absolute Gasteiger partial charge is 0.375 e. The maximum absolute atomic E-state index is 13.1. The SMILES string of the molecule is Cc1c(C(=O)OC(C(=O)Nc2cc(Cl)cc(Cl)c2)c2ccccc2)oc2ccc(Br)cc12. The molecule has 0 spiro atoms. The normalized spacial score (nSPS) is 11.9. The minimum Gasteiger partial charge on any atom is -0.449 e. The number of furan rings is 1. The molecule has 1 amide bonds. The van der Waals surface area contributed by atoms with Crippen molar-refractivity contribution in [2.24, 2.45) is 0 Å². The molecule has 4 aromatic rings. The van der Waals surface area contributed by atoms with E-state index in [0.717, 1.165) is 9.86 Å². The molecule has 8 heteroatoms. The summed E-state index contributed by atoms with van der Waals surface area (Å²) in [5, 5.41) is 4.22. The van der Waals surface area contributed by atoms with E-state index < -0.39 is 18.0 Å². The van der Waals surface area contributed by atoms with E-state index in [1.54, 1.807) is 61.5 Å². The van der Waals surface area contributed by atoms with Crippen molar-refractivity contribution in [3.05, 3.63) is 98.1 Å². The Kier molecular flexibility index (Phi) is 6.55. The predicted molar refractivity (Wildman–Crippen MR) is 128 cm³/mol. The first-order chi connectivity index (χ1) is 15.3. The molecule has 162 valence electrons. The third kappa shape index (κ3) is 4.83. The van der Waals surface area contributed by atoms with Crippen molar-refractivity contribution in [3.63, 3.8) is 0 Å². The van der Waals surface area contributed by atoms with Crippen LogP contribution in [0, 0.1) is 6.92 Å². The number of carbonyl (C=O) groups is 2. The largest absolute Gasteiger partial charge is 0.449 e. The number of fused-ring (bicyclic) bond motifs is 1. The maximum atomic E-state index is 13.1. The van der Waals surface area contributed by atoms with Gasteiger partial charge in [0.25, 0.3) is 5.91 Å². The Bertz CT molecular complexity index is 1300. The van der Waals surface area contributed by atoms with Crippen LogP contribution in [0.5, 0.6) is 0 Å². The molecule has 0 fully saturated rings. The Labute approximate surface area is 202 Å². The molecule has 1 aromatic heterocycles. The first-order valence-corrected chi connectivity index (χ1v) is 11.1. The fourth-order valence-electron chi connectivity index (χ4n) is 3.28. The predicted octanol–water partition coefficient (Wildman–Crippen LogP) is 7.35. The quantitative estimate of drug-likeness (QED) is 0.273. The van der Waals surface area contributed by atoms with Gasteiger partial charge in [0, 0.05) is 36.7 Å². The molecule has 5 nitrogen and oxygen atoms in total. The lowest BCUT2D eigenvalue weighted by molar-refractivity contribution is -0.125. The molecule has 0 bridgehead atoms. The molecule has 0 radical (unpaired) electrons. The number of aryl methyl sites for hydroxylation is 1. The molecule has 0 saturated carbocycles. The summed E-state index contributed by atoms with van der Waals surface area (Å²) in [5.41, 5.74) is 2.06. The summed E-state index contributed by atoms with van der Waals surface area (Å²) < 4.78 is 12.2. The summed E-state index contributed by atoms with van der Waals surface area (Å²) in [6.45, 7) is 1.76. The molecule has 1 heterocycles. The van der Waals surface area contributed by atoms with Gasteiger partial charge >= 0.3 is 5.97 Å². The lowest BCUT2D eigenvalue weighted by atomic mass is 10.1. The highest BCUT2D eigenvalue weighted by Gasteiger charge is 2.29. The molecule has 0 aliphatic rings. The van der Waals surface area contributed by atoms with Crippen LogP contribution in [0.25, 0.3) is 11.0 Å². The minimum atomic E-state index is -1.22. The fraction of sp³-hybridized carbons (Fsp3) is 0.0833. The number of hydrogen-bond acceptors (Lipinski definition) is 4. The molecule has 0 saturated heterocycles. The van der Waals surface area contributed by atoms with E-state index in [4.69, 9.17) is 32.4 Å². The van der Waals surface area contributed by atoms with Crippen LogP contribution in [-0.4, -0.2) is 11.9 Å². The van der Waals surface area contributed by atoms with Gasteiger partial charge in [-0.25, -0.2) is 4.79 Å². The summed E-state index contributed by atoms with van der Waals surface area (Å²) in [5.74, 6) is -1.26. The maximum Gasteiger partial charge on any atom is 0.375 e. The Morgan fingerprint density at radius 2 is 1.69 bits per heavy atom. The van der Waals surface area contributed by atoms with Gasteiger partial charge in [0.1, 0.15) is 5.58 Å². The number of anilines is 1. The van der Waals surface area contributed by atoms with Crippen LogP contribution < -0.4 is 5.32 Å². The first kappa shape index (κ1) is 22.4. The van der Waals surface area contributed by atoms with E-state index in [1.165, 1.54) is 0 Å². The van der Waals surface area contributed by atoms with Gasteiger partial charge in [0.15, 0.2) is 0 Å². The summed E-state index contributed by atoms with van der Waals surface area (Å²) in [6.07, 6.45) is -1.22. The average molecular weight is 533 g/mol. The van der Waals surface area contributed by atoms with Gasteiger partial charge in [-0.05, 0) is 43.3 Å². The zero-order chi connectivity index (χ0) is 22.8. The molecule has 32 heavy (non-hydrogen) atoms. The number of carbonyl (C=O) groups excluding carboxylic acids is 2. The second-order valence-electron chi connectivity index (χ2n) is 7.04. The number of rotatable bonds is 5. The second kappa shape index (κ2) is 9.36. The molecule has 3 aromatic carbocycles. The van der Waals surface area contributed by atoms with Crippen LogP contribution in [0.2, 0.25) is 10.0 Å². The Morgan fingerprint density at radius 1 is 1.00 bits per heavy atom. The standard InChI is InChI=1S/C24H16BrCl2NO4/c1-13-19-9-15(25)7-8-20(19)31-21(13)24(30)32-22(14-5-3-2-4-6-14)23(29)28-18-11-16(26)10-17(27)12-18/h2-12,22H,1H3,(H,28,29). The Balaban J connectivity index is 1.65. The van der Waals surface area contributed by atoms with Gasteiger partial charge in [0.05, 0.1) is 0 Å². The van der Waals surface area contributed by atoms with Crippen LogP contribution in [0.1, 0.15) is 27.8 Å². The van der Waals surface area contributed by atoms with Crippen molar-refractivity contribution < 1.29 is 18.7 Å². The van der Waals surface area contributed by atoms with Crippen LogP contribution in [0.15, 0.2) is 75.6 Å². The molecular weight excluding hydrogens is 517 g/mol. The number of amides is 1. The van der Waals surface area contributed by atoms with Gasteiger partial charge < -0.3 is 14.5 Å². The van der Waals surface area contributed by atoms with E-state index in [0.29, 0.717) is 32.4 Å². The van der Waals surface area contributed by atoms with E-state index >= 15 is 0 Å². The van der Waals surface area contributed by atoms with Crippen LogP contribution in [0.3, 0.4) is 0 Å². The number of benzene rings is 3. The van der Waals surface area contributed by atoms with E-state index in [9.17, 15) is 9.59 Å². The number of hydrogen-bond donors (Lipinski definition) is 1.